The van der Waals surface area contributed by atoms with Crippen LogP contribution in [0.5, 0.6) is 5.75 Å². The number of amides is 2. The Balaban J connectivity index is 1.97. The monoisotopic (exact) mass is 346 g/mol. The molecule has 1 aromatic rings. The van der Waals surface area contributed by atoms with Gasteiger partial charge in [-0.25, -0.2) is 0 Å². The Morgan fingerprint density at radius 3 is 2.20 bits per heavy atom. The maximum atomic E-state index is 12.7. The number of benzene rings is 1. The van der Waals surface area contributed by atoms with E-state index in [2.05, 4.69) is 6.92 Å². The Labute approximate surface area is 150 Å². The molecule has 5 heteroatoms. The van der Waals surface area contributed by atoms with Gasteiger partial charge in [0, 0.05) is 37.2 Å². The van der Waals surface area contributed by atoms with Gasteiger partial charge in [0.1, 0.15) is 5.75 Å². The minimum Gasteiger partial charge on any atom is -0.494 e. The van der Waals surface area contributed by atoms with E-state index in [1.54, 1.807) is 0 Å². The number of hydrogen-bond donors (Lipinski definition) is 0. The van der Waals surface area contributed by atoms with Crippen LogP contribution < -0.4 is 4.74 Å². The normalized spacial score (nSPS) is 15.7. The van der Waals surface area contributed by atoms with Crippen LogP contribution in [0.3, 0.4) is 0 Å². The number of carbonyl (C=O) groups excluding carboxylic acids is 2. The molecule has 1 fully saturated rings. The summed E-state index contributed by atoms with van der Waals surface area (Å²) in [5.41, 5.74) is 0.285. The zero-order valence-corrected chi connectivity index (χ0v) is 15.9. The van der Waals surface area contributed by atoms with Gasteiger partial charge in [-0.1, -0.05) is 27.7 Å². The molecule has 1 aliphatic rings. The van der Waals surface area contributed by atoms with Gasteiger partial charge < -0.3 is 14.5 Å². The minimum atomic E-state index is -0.381. The number of carbonyl (C=O) groups is 2. The Morgan fingerprint density at radius 2 is 1.60 bits per heavy atom. The predicted octanol–water partition coefficient (Wildman–Crippen LogP) is 3.20. The van der Waals surface area contributed by atoms with Gasteiger partial charge in [0.05, 0.1) is 6.61 Å². The van der Waals surface area contributed by atoms with Crippen molar-refractivity contribution in [1.29, 1.82) is 0 Å². The molecule has 5 nitrogen and oxygen atoms in total. The summed E-state index contributed by atoms with van der Waals surface area (Å²) in [6.07, 6.45) is 1.77. The smallest absolute Gasteiger partial charge is 0.253 e. The third-order valence-electron chi connectivity index (χ3n) is 4.29. The molecule has 0 spiro atoms. The van der Waals surface area contributed by atoms with Crippen LogP contribution in [0, 0.1) is 5.41 Å². The largest absolute Gasteiger partial charge is 0.494 e. The molecular formula is C20H30N2O3. The second kappa shape index (κ2) is 8.37. The molecule has 1 aliphatic heterocycles. The highest BCUT2D eigenvalue weighted by Gasteiger charge is 2.29. The van der Waals surface area contributed by atoms with E-state index in [0.29, 0.717) is 38.3 Å². The van der Waals surface area contributed by atoms with Gasteiger partial charge in [-0.05, 0) is 37.1 Å². The Kier molecular flexibility index (Phi) is 6.45. The first-order valence-corrected chi connectivity index (χ1v) is 9.14. The van der Waals surface area contributed by atoms with Gasteiger partial charge in [-0.2, -0.15) is 0 Å². The van der Waals surface area contributed by atoms with E-state index in [4.69, 9.17) is 4.74 Å². The molecule has 1 saturated heterocycles. The molecule has 1 aromatic carbocycles. The number of nitrogens with zero attached hydrogens (tertiary/aromatic N) is 2. The lowest BCUT2D eigenvalue weighted by molar-refractivity contribution is -0.139. The van der Waals surface area contributed by atoms with Crippen molar-refractivity contribution in [3.8, 4) is 5.75 Å². The van der Waals surface area contributed by atoms with Crippen LogP contribution in [-0.2, 0) is 4.79 Å². The molecular weight excluding hydrogens is 316 g/mol. The topological polar surface area (TPSA) is 49.9 Å². The fourth-order valence-corrected chi connectivity index (χ4v) is 2.89. The molecule has 0 N–H and O–H groups in total. The first kappa shape index (κ1) is 19.3. The summed E-state index contributed by atoms with van der Waals surface area (Å²) in [5, 5.41) is 0. The third kappa shape index (κ3) is 5.21. The maximum absolute atomic E-state index is 12.7. The average molecular weight is 346 g/mol. The number of rotatable bonds is 4. The van der Waals surface area contributed by atoms with E-state index in [1.165, 1.54) is 0 Å². The molecule has 2 rings (SSSR count). The van der Waals surface area contributed by atoms with E-state index >= 15 is 0 Å². The first-order valence-electron chi connectivity index (χ1n) is 9.14. The van der Waals surface area contributed by atoms with Gasteiger partial charge in [-0.15, -0.1) is 0 Å². The second-order valence-corrected chi connectivity index (χ2v) is 7.56. The summed E-state index contributed by atoms with van der Waals surface area (Å²) in [7, 11) is 0. The average Bonchev–Trinajstić information content (AvgIpc) is 2.84. The van der Waals surface area contributed by atoms with Crippen molar-refractivity contribution in [2.45, 2.75) is 40.5 Å². The Hall–Kier alpha value is -2.04. The molecule has 0 saturated carbocycles. The number of hydrogen-bond acceptors (Lipinski definition) is 3. The quantitative estimate of drug-likeness (QED) is 0.841. The van der Waals surface area contributed by atoms with Gasteiger partial charge in [0.15, 0.2) is 0 Å². The van der Waals surface area contributed by atoms with Crippen molar-refractivity contribution >= 4 is 11.8 Å². The first-order chi connectivity index (χ1) is 11.8. The second-order valence-electron chi connectivity index (χ2n) is 7.56. The molecule has 2 amide bonds. The van der Waals surface area contributed by atoms with E-state index in [-0.39, 0.29) is 17.2 Å². The Morgan fingerprint density at radius 1 is 1.00 bits per heavy atom. The van der Waals surface area contributed by atoms with Crippen molar-refractivity contribution in [3.05, 3.63) is 29.8 Å². The summed E-state index contributed by atoms with van der Waals surface area (Å²) in [5.74, 6) is 0.961. The minimum absolute atomic E-state index is 0.0205. The van der Waals surface area contributed by atoms with Crippen LogP contribution in [0.25, 0.3) is 0 Å². The van der Waals surface area contributed by atoms with Crippen LogP contribution in [0.2, 0.25) is 0 Å². The molecule has 0 radical (unpaired) electrons. The van der Waals surface area contributed by atoms with Crippen molar-refractivity contribution in [2.24, 2.45) is 5.41 Å². The predicted molar refractivity (Wildman–Crippen MR) is 98.8 cm³/mol. The zero-order valence-electron chi connectivity index (χ0n) is 15.9. The molecule has 1 heterocycles. The summed E-state index contributed by atoms with van der Waals surface area (Å²) in [6.45, 7) is 11.1. The molecule has 0 aromatic heterocycles. The van der Waals surface area contributed by atoms with Crippen LogP contribution in [0.1, 0.15) is 50.9 Å². The van der Waals surface area contributed by atoms with Crippen molar-refractivity contribution < 1.29 is 14.3 Å². The standard InChI is InChI=1S/C20H30N2O3/c1-5-15-25-17-9-7-16(8-10-17)18(23)21-11-6-12-22(14-13-21)19(24)20(2,3)4/h7-10H,5-6,11-15H2,1-4H3. The van der Waals surface area contributed by atoms with Crippen LogP contribution in [0.4, 0.5) is 0 Å². The van der Waals surface area contributed by atoms with Gasteiger partial charge >= 0.3 is 0 Å². The fraction of sp³-hybridized carbons (Fsp3) is 0.600. The molecule has 138 valence electrons. The van der Waals surface area contributed by atoms with Gasteiger partial charge in [0.2, 0.25) is 5.91 Å². The lowest BCUT2D eigenvalue weighted by atomic mass is 9.94. The lowest BCUT2D eigenvalue weighted by Crippen LogP contribution is -2.42. The fourth-order valence-electron chi connectivity index (χ4n) is 2.89. The molecule has 0 unspecified atom stereocenters. The molecule has 25 heavy (non-hydrogen) atoms. The van der Waals surface area contributed by atoms with Crippen LogP contribution in [-0.4, -0.2) is 54.4 Å². The summed E-state index contributed by atoms with van der Waals surface area (Å²) in [6, 6.07) is 7.32. The highest BCUT2D eigenvalue weighted by molar-refractivity contribution is 5.94. The lowest BCUT2D eigenvalue weighted by Gasteiger charge is -2.28. The summed E-state index contributed by atoms with van der Waals surface area (Å²) >= 11 is 0. The van der Waals surface area contributed by atoms with E-state index in [1.807, 2.05) is 54.8 Å². The summed E-state index contributed by atoms with van der Waals surface area (Å²) < 4.78 is 5.56. The van der Waals surface area contributed by atoms with Crippen molar-refractivity contribution in [3.63, 3.8) is 0 Å². The van der Waals surface area contributed by atoms with Crippen LogP contribution >= 0.6 is 0 Å². The highest BCUT2D eigenvalue weighted by Crippen LogP contribution is 2.20. The van der Waals surface area contributed by atoms with E-state index < -0.39 is 0 Å². The highest BCUT2D eigenvalue weighted by atomic mass is 16.5. The van der Waals surface area contributed by atoms with Crippen LogP contribution in [0.15, 0.2) is 24.3 Å². The van der Waals surface area contributed by atoms with Gasteiger partial charge in [0.25, 0.3) is 5.91 Å². The molecule has 0 atom stereocenters. The van der Waals surface area contributed by atoms with Crippen molar-refractivity contribution in [1.82, 2.24) is 9.80 Å². The SMILES string of the molecule is CCCOc1ccc(C(=O)N2CCCN(C(=O)C(C)(C)C)CC2)cc1. The molecule has 0 aliphatic carbocycles. The van der Waals surface area contributed by atoms with Crippen molar-refractivity contribution in [2.75, 3.05) is 32.8 Å². The molecule has 0 bridgehead atoms. The summed E-state index contributed by atoms with van der Waals surface area (Å²) in [4.78, 5) is 28.9. The number of ether oxygens (including phenoxy) is 1. The zero-order chi connectivity index (χ0) is 18.4. The third-order valence-corrected chi connectivity index (χ3v) is 4.29. The van der Waals surface area contributed by atoms with Gasteiger partial charge in [-0.3, -0.25) is 9.59 Å². The maximum Gasteiger partial charge on any atom is 0.253 e. The van der Waals surface area contributed by atoms with E-state index in [0.717, 1.165) is 18.6 Å². The van der Waals surface area contributed by atoms with E-state index in [9.17, 15) is 9.59 Å². The Bertz CT molecular complexity index is 590.